The molecular weight excluding hydrogens is 577 g/mol. The SMILES string of the molecule is N#Cc1c(N)sc2c(F)cnc(-c3c(F)c4c5c(nc(OCC67CCCN6CCC7)nc5c3F)N3CCNCC3CC4)c12. The molecule has 0 radical (unpaired) electrons. The van der Waals surface area contributed by atoms with Gasteiger partial charge in [-0.15, -0.1) is 11.3 Å². The van der Waals surface area contributed by atoms with Gasteiger partial charge in [0.25, 0.3) is 0 Å². The van der Waals surface area contributed by atoms with Gasteiger partial charge in [-0.25, -0.2) is 13.2 Å². The normalized spacial score (nSPS) is 21.2. The Hall–Kier alpha value is -3.73. The third-order valence-corrected chi connectivity index (χ3v) is 10.8. The molecule has 1 aromatic carbocycles. The van der Waals surface area contributed by atoms with Crippen molar-refractivity contribution in [1.29, 1.82) is 5.26 Å². The van der Waals surface area contributed by atoms with Crippen LogP contribution in [0.1, 0.15) is 43.2 Å². The van der Waals surface area contributed by atoms with Crippen molar-refractivity contribution in [3.8, 4) is 23.3 Å². The zero-order valence-electron chi connectivity index (χ0n) is 23.4. The van der Waals surface area contributed by atoms with E-state index in [-0.39, 0.29) is 55.0 Å². The molecule has 0 bridgehead atoms. The molecule has 13 heteroatoms. The molecule has 1 unspecified atom stereocenters. The van der Waals surface area contributed by atoms with E-state index in [4.69, 9.17) is 15.5 Å². The smallest absolute Gasteiger partial charge is 0.319 e. The third-order valence-electron chi connectivity index (χ3n) is 9.76. The molecule has 0 spiro atoms. The van der Waals surface area contributed by atoms with Crippen LogP contribution < -0.4 is 20.7 Å². The summed E-state index contributed by atoms with van der Waals surface area (Å²) in [6.45, 7) is 4.48. The van der Waals surface area contributed by atoms with Gasteiger partial charge in [-0.1, -0.05) is 0 Å². The highest BCUT2D eigenvalue weighted by Gasteiger charge is 2.45. The average Bonchev–Trinajstić information content (AvgIpc) is 3.66. The maximum absolute atomic E-state index is 16.8. The highest BCUT2D eigenvalue weighted by atomic mass is 32.1. The zero-order valence-corrected chi connectivity index (χ0v) is 24.2. The van der Waals surface area contributed by atoms with Gasteiger partial charge in [0.1, 0.15) is 34.8 Å². The van der Waals surface area contributed by atoms with E-state index in [1.165, 1.54) is 0 Å². The first-order valence-corrected chi connectivity index (χ1v) is 15.6. The summed E-state index contributed by atoms with van der Waals surface area (Å²) < 4.78 is 54.6. The Morgan fingerprint density at radius 1 is 1.14 bits per heavy atom. The van der Waals surface area contributed by atoms with E-state index in [0.29, 0.717) is 50.3 Å². The van der Waals surface area contributed by atoms with Crippen molar-refractivity contribution >= 4 is 43.1 Å². The summed E-state index contributed by atoms with van der Waals surface area (Å²) in [6.07, 6.45) is 6.09. The van der Waals surface area contributed by atoms with Gasteiger partial charge < -0.3 is 20.7 Å². The van der Waals surface area contributed by atoms with Crippen molar-refractivity contribution in [3.63, 3.8) is 0 Å². The average molecular weight is 607 g/mol. The van der Waals surface area contributed by atoms with Crippen molar-refractivity contribution in [1.82, 2.24) is 25.2 Å². The molecule has 3 N–H and O–H groups in total. The van der Waals surface area contributed by atoms with E-state index in [1.54, 1.807) is 0 Å². The summed E-state index contributed by atoms with van der Waals surface area (Å²) in [5.41, 5.74) is 5.48. The lowest BCUT2D eigenvalue weighted by atomic mass is 9.95. The lowest BCUT2D eigenvalue weighted by molar-refractivity contribution is 0.108. The predicted octanol–water partition coefficient (Wildman–Crippen LogP) is 4.51. The van der Waals surface area contributed by atoms with Crippen LogP contribution in [0.4, 0.5) is 24.0 Å². The fourth-order valence-electron chi connectivity index (χ4n) is 7.71. The van der Waals surface area contributed by atoms with Gasteiger partial charge in [-0.3, -0.25) is 9.88 Å². The number of benzene rings is 1. The van der Waals surface area contributed by atoms with Crippen LogP contribution in [-0.4, -0.2) is 70.8 Å². The summed E-state index contributed by atoms with van der Waals surface area (Å²) in [5.74, 6) is -2.01. The molecule has 0 amide bonds. The molecule has 0 aliphatic carbocycles. The first-order chi connectivity index (χ1) is 20.9. The fraction of sp³-hybridized carbons (Fsp3) is 0.467. The van der Waals surface area contributed by atoms with Gasteiger partial charge in [-0.2, -0.15) is 15.2 Å². The summed E-state index contributed by atoms with van der Waals surface area (Å²) in [7, 11) is 0. The number of nitrogens with zero attached hydrogens (tertiary/aromatic N) is 6. The Balaban J connectivity index is 1.36. The van der Waals surface area contributed by atoms with Gasteiger partial charge in [0.05, 0.1) is 38.6 Å². The summed E-state index contributed by atoms with van der Waals surface area (Å²) in [4.78, 5) is 18.1. The van der Waals surface area contributed by atoms with E-state index in [9.17, 15) is 9.65 Å². The third kappa shape index (κ3) is 3.92. The van der Waals surface area contributed by atoms with Crippen LogP contribution in [0, 0.1) is 28.8 Å². The van der Waals surface area contributed by atoms with Crippen molar-refractivity contribution in [2.45, 2.75) is 50.1 Å². The Morgan fingerprint density at radius 3 is 2.74 bits per heavy atom. The highest BCUT2D eigenvalue weighted by molar-refractivity contribution is 7.23. The number of piperazine rings is 1. The standard InChI is InChI=1S/C30H29F3N8OS/c31-18-13-37-24(19-17(11-34)27(35)43-26(18)19)21-22(32)16-4-3-15-12-36-7-10-41(15)28-20(16)25(23(21)33)38-29(39-28)42-14-30-5-1-8-40(30)9-2-6-30/h13,15,36H,1-10,12,14,35H2. The lowest BCUT2D eigenvalue weighted by Gasteiger charge is -2.36. The Morgan fingerprint density at radius 2 is 1.95 bits per heavy atom. The van der Waals surface area contributed by atoms with Gasteiger partial charge in [0.15, 0.2) is 11.6 Å². The first-order valence-electron chi connectivity index (χ1n) is 14.7. The van der Waals surface area contributed by atoms with Crippen molar-refractivity contribution in [2.75, 3.05) is 50.0 Å². The van der Waals surface area contributed by atoms with Gasteiger partial charge in [0, 0.05) is 36.6 Å². The number of nitrogen functional groups attached to an aromatic ring is 1. The number of aryl methyl sites for hydroxylation is 1. The molecule has 3 saturated heterocycles. The Labute approximate surface area is 249 Å². The molecule has 0 saturated carbocycles. The zero-order chi connectivity index (χ0) is 29.5. The number of hydrogen-bond acceptors (Lipinski definition) is 10. The van der Waals surface area contributed by atoms with E-state index in [2.05, 4.69) is 25.1 Å². The van der Waals surface area contributed by atoms with Crippen LogP contribution in [0.2, 0.25) is 0 Å². The van der Waals surface area contributed by atoms with Crippen molar-refractivity contribution < 1.29 is 17.9 Å². The number of nitrogens with one attached hydrogen (secondary N) is 1. The lowest BCUT2D eigenvalue weighted by Crippen LogP contribution is -2.51. The van der Waals surface area contributed by atoms with Crippen LogP contribution in [0.5, 0.6) is 6.01 Å². The predicted molar refractivity (Wildman–Crippen MR) is 158 cm³/mol. The van der Waals surface area contributed by atoms with E-state index in [1.807, 2.05) is 6.07 Å². The number of rotatable bonds is 4. The van der Waals surface area contributed by atoms with Crippen LogP contribution >= 0.6 is 11.3 Å². The van der Waals surface area contributed by atoms with Gasteiger partial charge >= 0.3 is 6.01 Å². The van der Waals surface area contributed by atoms with Crippen LogP contribution in [0.15, 0.2) is 6.20 Å². The topological polar surface area (TPSA) is 116 Å². The second-order valence-corrected chi connectivity index (χ2v) is 13.0. The van der Waals surface area contributed by atoms with Gasteiger partial charge in [-0.05, 0) is 51.6 Å². The molecule has 1 atom stereocenters. The number of thiophene rings is 1. The van der Waals surface area contributed by atoms with Crippen LogP contribution in [0.25, 0.3) is 32.2 Å². The minimum atomic E-state index is -0.950. The molecular formula is C30H29F3N8OS. The molecule has 9 nitrogen and oxygen atoms in total. The summed E-state index contributed by atoms with van der Waals surface area (Å²) in [6, 6.07) is 2.04. The Kier molecular flexibility index (Phi) is 6.19. The second kappa shape index (κ2) is 9.90. The van der Waals surface area contributed by atoms with E-state index < -0.39 is 23.0 Å². The number of fused-ring (bicyclic) bond motifs is 4. The fourth-order valence-corrected chi connectivity index (χ4v) is 8.63. The number of pyridine rings is 1. The molecule has 7 heterocycles. The second-order valence-electron chi connectivity index (χ2n) is 11.9. The maximum atomic E-state index is 16.8. The highest BCUT2D eigenvalue weighted by Crippen LogP contribution is 2.46. The minimum Gasteiger partial charge on any atom is -0.461 e. The number of anilines is 2. The molecule has 4 aliphatic rings. The minimum absolute atomic E-state index is 0.00278. The van der Waals surface area contributed by atoms with Crippen molar-refractivity contribution in [3.05, 3.63) is 34.8 Å². The van der Waals surface area contributed by atoms with Crippen molar-refractivity contribution in [2.24, 2.45) is 0 Å². The molecule has 4 aliphatic heterocycles. The largest absolute Gasteiger partial charge is 0.461 e. The number of nitriles is 1. The molecule has 222 valence electrons. The van der Waals surface area contributed by atoms with Crippen LogP contribution in [-0.2, 0) is 6.42 Å². The quantitative estimate of drug-likeness (QED) is 0.346. The number of ether oxygens (including phenoxy) is 1. The Bertz CT molecular complexity index is 1850. The molecule has 4 aromatic rings. The van der Waals surface area contributed by atoms with E-state index >= 15 is 8.78 Å². The molecule has 8 rings (SSSR count). The molecule has 3 fully saturated rings. The molecule has 43 heavy (non-hydrogen) atoms. The van der Waals surface area contributed by atoms with Crippen LogP contribution in [0.3, 0.4) is 0 Å². The number of nitrogens with two attached hydrogens (primary N) is 1. The number of halogens is 3. The number of hydrogen-bond donors (Lipinski definition) is 2. The summed E-state index contributed by atoms with van der Waals surface area (Å²) >= 11 is 0.855. The molecule has 3 aromatic heterocycles. The first kappa shape index (κ1) is 26.9. The van der Waals surface area contributed by atoms with E-state index in [0.717, 1.165) is 56.3 Å². The monoisotopic (exact) mass is 606 g/mol. The maximum Gasteiger partial charge on any atom is 0.319 e. The summed E-state index contributed by atoms with van der Waals surface area (Å²) in [5, 5.41) is 13.6. The van der Waals surface area contributed by atoms with Gasteiger partial charge in [0.2, 0.25) is 0 Å². The number of aromatic nitrogens is 3.